The number of carbonyl (C=O) groups is 2. The molecule has 1 fully saturated rings. The summed E-state index contributed by atoms with van der Waals surface area (Å²) in [6, 6.07) is 5.04. The van der Waals surface area contributed by atoms with Gasteiger partial charge in [0.05, 0.1) is 11.3 Å². The standard InChI is InChI=1S/C13H11BrClNO2/c14-6-13(3-4-13)7-16-10-2-1-8(15)5-9(10)11(17)12(16)18/h1-2,5H,3-4,6-7H2. The van der Waals surface area contributed by atoms with Crippen LogP contribution in [0.1, 0.15) is 23.2 Å². The normalized spacial score (nSPS) is 20.2. The van der Waals surface area contributed by atoms with Crippen LogP contribution in [0.3, 0.4) is 0 Å². The number of carbonyl (C=O) groups excluding carboxylic acids is 2. The molecule has 3 nitrogen and oxygen atoms in total. The molecule has 1 aromatic carbocycles. The highest BCUT2D eigenvalue weighted by molar-refractivity contribution is 9.09. The van der Waals surface area contributed by atoms with Gasteiger partial charge in [-0.25, -0.2) is 0 Å². The Morgan fingerprint density at radius 1 is 1.33 bits per heavy atom. The summed E-state index contributed by atoms with van der Waals surface area (Å²) in [5.41, 5.74) is 1.27. The molecule has 5 heteroatoms. The van der Waals surface area contributed by atoms with E-state index in [4.69, 9.17) is 11.6 Å². The molecule has 1 amide bonds. The van der Waals surface area contributed by atoms with Gasteiger partial charge in [-0.15, -0.1) is 0 Å². The molecule has 0 unspecified atom stereocenters. The van der Waals surface area contributed by atoms with Crippen molar-refractivity contribution < 1.29 is 9.59 Å². The maximum atomic E-state index is 12.0. The van der Waals surface area contributed by atoms with Crippen LogP contribution in [0.15, 0.2) is 18.2 Å². The number of rotatable bonds is 3. The fraction of sp³-hybridized carbons (Fsp3) is 0.385. The summed E-state index contributed by atoms with van der Waals surface area (Å²) in [5, 5.41) is 1.35. The maximum Gasteiger partial charge on any atom is 0.299 e. The molecule has 0 bridgehead atoms. The van der Waals surface area contributed by atoms with Crippen molar-refractivity contribution in [2.24, 2.45) is 5.41 Å². The highest BCUT2D eigenvalue weighted by Crippen LogP contribution is 2.49. The number of halogens is 2. The van der Waals surface area contributed by atoms with E-state index in [1.807, 2.05) is 0 Å². The highest BCUT2D eigenvalue weighted by Gasteiger charge is 2.47. The van der Waals surface area contributed by atoms with Gasteiger partial charge < -0.3 is 4.90 Å². The number of hydrogen-bond acceptors (Lipinski definition) is 2. The van der Waals surface area contributed by atoms with Crippen LogP contribution in [0.2, 0.25) is 5.02 Å². The predicted molar refractivity (Wildman–Crippen MR) is 73.6 cm³/mol. The molecule has 2 aliphatic rings. The number of nitrogens with zero attached hydrogens (tertiary/aromatic N) is 1. The summed E-state index contributed by atoms with van der Waals surface area (Å²) in [4.78, 5) is 25.5. The van der Waals surface area contributed by atoms with Gasteiger partial charge in [-0.2, -0.15) is 0 Å². The van der Waals surface area contributed by atoms with Crippen LogP contribution in [0, 0.1) is 5.41 Å². The number of alkyl halides is 1. The van der Waals surface area contributed by atoms with Crippen molar-refractivity contribution in [1.29, 1.82) is 0 Å². The smallest absolute Gasteiger partial charge is 0.299 e. The van der Waals surface area contributed by atoms with E-state index in [1.54, 1.807) is 23.1 Å². The maximum absolute atomic E-state index is 12.0. The molecule has 1 aliphatic carbocycles. The van der Waals surface area contributed by atoms with Gasteiger partial charge in [0.15, 0.2) is 0 Å². The Bertz CT molecular complexity index is 554. The molecule has 0 saturated heterocycles. The first-order valence-corrected chi connectivity index (χ1v) is 7.28. The molecule has 94 valence electrons. The van der Waals surface area contributed by atoms with Crippen LogP contribution in [0.25, 0.3) is 0 Å². The third-order valence-electron chi connectivity index (χ3n) is 3.67. The van der Waals surface area contributed by atoms with Gasteiger partial charge in [0.25, 0.3) is 11.7 Å². The Morgan fingerprint density at radius 2 is 2.06 bits per heavy atom. The molecule has 3 rings (SSSR count). The number of fused-ring (bicyclic) bond motifs is 1. The second-order valence-electron chi connectivity index (χ2n) is 5.02. The largest absolute Gasteiger partial charge is 0.304 e. The molecule has 1 saturated carbocycles. The minimum Gasteiger partial charge on any atom is -0.304 e. The fourth-order valence-corrected chi connectivity index (χ4v) is 3.19. The van der Waals surface area contributed by atoms with Crippen molar-refractivity contribution in [3.05, 3.63) is 28.8 Å². The number of ketones is 1. The van der Waals surface area contributed by atoms with Crippen molar-refractivity contribution in [3.63, 3.8) is 0 Å². The molecule has 0 spiro atoms. The van der Waals surface area contributed by atoms with E-state index in [-0.39, 0.29) is 5.41 Å². The zero-order valence-electron chi connectivity index (χ0n) is 9.58. The topological polar surface area (TPSA) is 37.4 Å². The summed E-state index contributed by atoms with van der Waals surface area (Å²) >= 11 is 9.35. The fourth-order valence-electron chi connectivity index (χ4n) is 2.28. The lowest BCUT2D eigenvalue weighted by atomic mass is 10.1. The van der Waals surface area contributed by atoms with Gasteiger partial charge in [0.2, 0.25) is 0 Å². The Hall–Kier alpha value is -0.870. The second kappa shape index (κ2) is 4.07. The molecule has 1 aromatic rings. The monoisotopic (exact) mass is 327 g/mol. The first kappa shape index (κ1) is 12.2. The Labute approximate surface area is 118 Å². The summed E-state index contributed by atoms with van der Waals surface area (Å²) in [6.45, 7) is 0.609. The van der Waals surface area contributed by atoms with Gasteiger partial charge in [0.1, 0.15) is 0 Å². The Kier molecular flexibility index (Phi) is 2.75. The minimum atomic E-state index is -0.446. The van der Waals surface area contributed by atoms with Crippen LogP contribution < -0.4 is 4.90 Å². The van der Waals surface area contributed by atoms with Gasteiger partial charge in [-0.1, -0.05) is 27.5 Å². The van der Waals surface area contributed by atoms with Gasteiger partial charge >= 0.3 is 0 Å². The van der Waals surface area contributed by atoms with E-state index in [1.165, 1.54) is 0 Å². The van der Waals surface area contributed by atoms with E-state index in [2.05, 4.69) is 15.9 Å². The van der Waals surface area contributed by atoms with Crippen molar-refractivity contribution in [2.75, 3.05) is 16.8 Å². The second-order valence-corrected chi connectivity index (χ2v) is 6.01. The number of hydrogen-bond donors (Lipinski definition) is 0. The van der Waals surface area contributed by atoms with Gasteiger partial charge in [-0.3, -0.25) is 9.59 Å². The summed E-state index contributed by atoms with van der Waals surface area (Å²) in [5.74, 6) is -0.877. The molecule has 18 heavy (non-hydrogen) atoms. The third-order valence-corrected chi connectivity index (χ3v) is 5.09. The lowest BCUT2D eigenvalue weighted by Gasteiger charge is -2.22. The molecular weight excluding hydrogens is 318 g/mol. The zero-order valence-corrected chi connectivity index (χ0v) is 11.9. The van der Waals surface area contributed by atoms with Crippen molar-refractivity contribution >= 4 is 44.9 Å². The average Bonchev–Trinajstić information content (AvgIpc) is 3.11. The van der Waals surface area contributed by atoms with Gasteiger partial charge in [-0.05, 0) is 36.5 Å². The number of benzene rings is 1. The molecular formula is C13H11BrClNO2. The van der Waals surface area contributed by atoms with Crippen LogP contribution in [0.4, 0.5) is 5.69 Å². The van der Waals surface area contributed by atoms with Crippen LogP contribution in [0.5, 0.6) is 0 Å². The van der Waals surface area contributed by atoms with E-state index < -0.39 is 11.7 Å². The van der Waals surface area contributed by atoms with Crippen molar-refractivity contribution in [2.45, 2.75) is 12.8 Å². The lowest BCUT2D eigenvalue weighted by Crippen LogP contribution is -2.35. The van der Waals surface area contributed by atoms with E-state index in [0.29, 0.717) is 22.8 Å². The molecule has 0 atom stereocenters. The van der Waals surface area contributed by atoms with E-state index in [0.717, 1.165) is 18.2 Å². The first-order valence-electron chi connectivity index (χ1n) is 5.78. The minimum absolute atomic E-state index is 0.150. The molecule has 1 heterocycles. The predicted octanol–water partition coefficient (Wildman–Crippen LogP) is 3.04. The lowest BCUT2D eigenvalue weighted by molar-refractivity contribution is -0.114. The molecule has 1 aliphatic heterocycles. The Morgan fingerprint density at radius 3 is 2.67 bits per heavy atom. The Balaban J connectivity index is 1.97. The zero-order chi connectivity index (χ0) is 12.9. The average molecular weight is 329 g/mol. The molecule has 0 radical (unpaired) electrons. The summed E-state index contributed by atoms with van der Waals surface area (Å²) in [6.07, 6.45) is 2.19. The first-order chi connectivity index (χ1) is 8.56. The van der Waals surface area contributed by atoms with Gasteiger partial charge in [0, 0.05) is 16.9 Å². The number of Topliss-reactive ketones (excluding diaryl/α,β-unsaturated/α-hetero) is 1. The van der Waals surface area contributed by atoms with E-state index >= 15 is 0 Å². The quantitative estimate of drug-likeness (QED) is 0.632. The van der Waals surface area contributed by atoms with Crippen LogP contribution in [-0.4, -0.2) is 23.6 Å². The molecule has 0 N–H and O–H groups in total. The van der Waals surface area contributed by atoms with Crippen molar-refractivity contribution in [3.8, 4) is 0 Å². The molecule has 0 aromatic heterocycles. The number of amides is 1. The highest BCUT2D eigenvalue weighted by atomic mass is 79.9. The van der Waals surface area contributed by atoms with Crippen LogP contribution >= 0.6 is 27.5 Å². The van der Waals surface area contributed by atoms with Crippen LogP contribution in [-0.2, 0) is 4.79 Å². The third kappa shape index (κ3) is 1.79. The summed E-state index contributed by atoms with van der Waals surface area (Å²) < 4.78 is 0. The SMILES string of the molecule is O=C1C(=O)N(CC2(CBr)CC2)c2ccc(Cl)cc21. The summed E-state index contributed by atoms with van der Waals surface area (Å²) in [7, 11) is 0. The number of anilines is 1. The van der Waals surface area contributed by atoms with E-state index in [9.17, 15) is 9.59 Å². The van der Waals surface area contributed by atoms with Crippen molar-refractivity contribution in [1.82, 2.24) is 0 Å².